The van der Waals surface area contributed by atoms with Gasteiger partial charge in [0.1, 0.15) is 11.3 Å². The first kappa shape index (κ1) is 25.9. The maximum Gasteiger partial charge on any atom is 0.344 e. The van der Waals surface area contributed by atoms with Gasteiger partial charge in [0.15, 0.2) is 0 Å². The molecular weight excluding hydrogens is 438 g/mol. The van der Waals surface area contributed by atoms with Gasteiger partial charge in [0.25, 0.3) is 0 Å². The quantitative estimate of drug-likeness (QED) is 0.214. The highest BCUT2D eigenvalue weighted by atomic mass is 19.3. The summed E-state index contributed by atoms with van der Waals surface area (Å²) < 4.78 is 38.5. The molecular formula is C28H34F2O4. The van der Waals surface area contributed by atoms with E-state index in [1.54, 1.807) is 18.2 Å². The number of halogens is 2. The van der Waals surface area contributed by atoms with Gasteiger partial charge in [-0.25, -0.2) is 13.6 Å². The Morgan fingerprint density at radius 3 is 2.50 bits per heavy atom. The Kier molecular flexibility index (Phi) is 9.22. The van der Waals surface area contributed by atoms with Crippen LogP contribution in [0.1, 0.15) is 63.0 Å². The molecule has 184 valence electrons. The van der Waals surface area contributed by atoms with E-state index < -0.39 is 11.5 Å². The zero-order valence-electron chi connectivity index (χ0n) is 20.0. The Labute approximate surface area is 199 Å². The molecule has 0 amide bonds. The van der Waals surface area contributed by atoms with Gasteiger partial charge in [-0.1, -0.05) is 38.0 Å². The molecule has 1 N–H and O–H groups in total. The lowest BCUT2D eigenvalue weighted by Crippen LogP contribution is -2.17. The predicted octanol–water partition coefficient (Wildman–Crippen LogP) is 7.07. The van der Waals surface area contributed by atoms with Gasteiger partial charge in [0.2, 0.25) is 5.92 Å². The van der Waals surface area contributed by atoms with Crippen molar-refractivity contribution >= 4 is 11.0 Å². The standard InChI is InChI=1S/C28H34F2O4/c1-3-4-5-8-21-9-12-24(20(2)17-21)25-18-22-10-11-23(19-26(22)34-27(25)32)33-16-7-14-28(29,30)13-6-15-31/h9-12,17-19,31H,3-8,13-16H2,1-2H3. The van der Waals surface area contributed by atoms with Gasteiger partial charge in [-0.2, -0.15) is 0 Å². The van der Waals surface area contributed by atoms with Gasteiger partial charge in [-0.05, 0) is 67.5 Å². The van der Waals surface area contributed by atoms with Crippen molar-refractivity contribution in [1.29, 1.82) is 0 Å². The Bertz CT molecular complexity index is 1140. The van der Waals surface area contributed by atoms with Crippen molar-refractivity contribution in [3.63, 3.8) is 0 Å². The average molecular weight is 473 g/mol. The molecule has 1 aromatic heterocycles. The molecule has 0 saturated heterocycles. The fraction of sp³-hybridized carbons (Fsp3) is 0.464. The van der Waals surface area contributed by atoms with E-state index in [9.17, 15) is 13.6 Å². The van der Waals surface area contributed by atoms with E-state index >= 15 is 0 Å². The van der Waals surface area contributed by atoms with Crippen LogP contribution in [0.4, 0.5) is 8.78 Å². The van der Waals surface area contributed by atoms with Gasteiger partial charge in [-0.3, -0.25) is 0 Å². The van der Waals surface area contributed by atoms with Crippen LogP contribution in [-0.2, 0) is 6.42 Å². The first-order chi connectivity index (χ1) is 16.3. The topological polar surface area (TPSA) is 59.7 Å². The minimum Gasteiger partial charge on any atom is -0.493 e. The van der Waals surface area contributed by atoms with Gasteiger partial charge >= 0.3 is 5.63 Å². The van der Waals surface area contributed by atoms with E-state index in [0.29, 0.717) is 16.9 Å². The fourth-order valence-corrected chi connectivity index (χ4v) is 4.12. The van der Waals surface area contributed by atoms with E-state index in [4.69, 9.17) is 14.3 Å². The second-order valence-electron chi connectivity index (χ2n) is 8.89. The van der Waals surface area contributed by atoms with Crippen LogP contribution in [0.5, 0.6) is 5.75 Å². The Morgan fingerprint density at radius 1 is 0.971 bits per heavy atom. The third-order valence-electron chi connectivity index (χ3n) is 6.01. The molecule has 34 heavy (non-hydrogen) atoms. The maximum absolute atomic E-state index is 13.7. The summed E-state index contributed by atoms with van der Waals surface area (Å²) in [4.78, 5) is 12.7. The molecule has 6 heteroatoms. The van der Waals surface area contributed by atoms with Crippen LogP contribution in [-0.4, -0.2) is 24.2 Å². The normalized spacial score (nSPS) is 11.8. The lowest BCUT2D eigenvalue weighted by atomic mass is 9.97. The zero-order valence-corrected chi connectivity index (χ0v) is 20.0. The number of fused-ring (bicyclic) bond motifs is 1. The van der Waals surface area contributed by atoms with Gasteiger partial charge in [0, 0.05) is 30.9 Å². The summed E-state index contributed by atoms with van der Waals surface area (Å²) in [6.07, 6.45) is 4.23. The maximum atomic E-state index is 13.7. The molecule has 0 spiro atoms. The molecule has 0 fully saturated rings. The van der Waals surface area contributed by atoms with E-state index in [1.165, 1.54) is 18.4 Å². The highest BCUT2D eigenvalue weighted by Crippen LogP contribution is 2.28. The second kappa shape index (κ2) is 12.1. The van der Waals surface area contributed by atoms with E-state index in [2.05, 4.69) is 19.1 Å². The third-order valence-corrected chi connectivity index (χ3v) is 6.01. The number of rotatable bonds is 13. The molecule has 2 aromatic carbocycles. The monoisotopic (exact) mass is 472 g/mol. The van der Waals surface area contributed by atoms with Crippen molar-refractivity contribution < 1.29 is 23.0 Å². The summed E-state index contributed by atoms with van der Waals surface area (Å²) in [5.41, 5.74) is 3.66. The minimum absolute atomic E-state index is 0.0855. The molecule has 4 nitrogen and oxygen atoms in total. The molecule has 3 rings (SSSR count). The Hall–Kier alpha value is -2.73. The van der Waals surface area contributed by atoms with Crippen LogP contribution in [0, 0.1) is 6.92 Å². The van der Waals surface area contributed by atoms with E-state index in [0.717, 1.165) is 29.4 Å². The number of aliphatic hydroxyl groups is 1. The molecule has 1 heterocycles. The van der Waals surface area contributed by atoms with Crippen LogP contribution in [0.2, 0.25) is 0 Å². The number of unbranched alkanes of at least 4 members (excludes halogenated alkanes) is 2. The molecule has 3 aromatic rings. The summed E-state index contributed by atoms with van der Waals surface area (Å²) in [5, 5.41) is 9.48. The number of aryl methyl sites for hydroxylation is 2. The second-order valence-corrected chi connectivity index (χ2v) is 8.89. The first-order valence-electron chi connectivity index (χ1n) is 12.1. The highest BCUT2D eigenvalue weighted by Gasteiger charge is 2.27. The van der Waals surface area contributed by atoms with Crippen LogP contribution < -0.4 is 10.4 Å². The van der Waals surface area contributed by atoms with E-state index in [-0.39, 0.29) is 38.9 Å². The number of hydrogen-bond acceptors (Lipinski definition) is 4. The fourth-order valence-electron chi connectivity index (χ4n) is 4.12. The Morgan fingerprint density at radius 2 is 1.76 bits per heavy atom. The van der Waals surface area contributed by atoms with Crippen molar-refractivity contribution in [2.75, 3.05) is 13.2 Å². The van der Waals surface area contributed by atoms with Gasteiger partial charge in [-0.15, -0.1) is 0 Å². The number of hydrogen-bond donors (Lipinski definition) is 1. The molecule has 0 atom stereocenters. The zero-order chi connectivity index (χ0) is 24.6. The SMILES string of the molecule is CCCCCc1ccc(-c2cc3ccc(OCCCC(F)(F)CCCO)cc3oc2=O)c(C)c1. The first-order valence-corrected chi connectivity index (χ1v) is 12.1. The Balaban J connectivity index is 1.68. The predicted molar refractivity (Wildman–Crippen MR) is 132 cm³/mol. The number of aliphatic hydroxyl groups excluding tert-OH is 1. The molecule has 0 unspecified atom stereocenters. The third kappa shape index (κ3) is 7.13. The van der Waals surface area contributed by atoms with Crippen LogP contribution >= 0.6 is 0 Å². The van der Waals surface area contributed by atoms with Crippen molar-refractivity contribution in [3.8, 4) is 16.9 Å². The lowest BCUT2D eigenvalue weighted by molar-refractivity contribution is -0.0254. The van der Waals surface area contributed by atoms with Gasteiger partial charge in [0.05, 0.1) is 12.2 Å². The lowest BCUT2D eigenvalue weighted by Gasteiger charge is -2.15. The van der Waals surface area contributed by atoms with Crippen LogP contribution in [0.3, 0.4) is 0 Å². The summed E-state index contributed by atoms with van der Waals surface area (Å²) >= 11 is 0. The summed E-state index contributed by atoms with van der Waals surface area (Å²) in [6.45, 7) is 4.09. The van der Waals surface area contributed by atoms with Crippen molar-refractivity contribution in [2.45, 2.75) is 71.1 Å². The van der Waals surface area contributed by atoms with E-state index in [1.807, 2.05) is 19.1 Å². The van der Waals surface area contributed by atoms with Crippen molar-refractivity contribution in [3.05, 3.63) is 64.0 Å². The molecule has 0 aliphatic heterocycles. The number of ether oxygens (including phenoxy) is 1. The molecule has 0 bridgehead atoms. The van der Waals surface area contributed by atoms with Crippen molar-refractivity contribution in [1.82, 2.24) is 0 Å². The minimum atomic E-state index is -2.80. The highest BCUT2D eigenvalue weighted by molar-refractivity contribution is 5.83. The number of alkyl halides is 2. The smallest absolute Gasteiger partial charge is 0.344 e. The summed E-state index contributed by atoms with van der Waals surface area (Å²) in [6, 6.07) is 13.2. The number of benzene rings is 2. The van der Waals surface area contributed by atoms with Crippen LogP contribution in [0.25, 0.3) is 22.1 Å². The molecule has 0 radical (unpaired) electrons. The van der Waals surface area contributed by atoms with Crippen LogP contribution in [0.15, 0.2) is 51.7 Å². The molecule has 0 saturated carbocycles. The summed E-state index contributed by atoms with van der Waals surface area (Å²) in [5.74, 6) is -2.33. The summed E-state index contributed by atoms with van der Waals surface area (Å²) in [7, 11) is 0. The average Bonchev–Trinajstić information content (AvgIpc) is 2.81. The van der Waals surface area contributed by atoms with Crippen molar-refractivity contribution in [2.24, 2.45) is 0 Å². The largest absolute Gasteiger partial charge is 0.493 e. The molecule has 0 aliphatic rings. The molecule has 0 aliphatic carbocycles. The van der Waals surface area contributed by atoms with Gasteiger partial charge < -0.3 is 14.3 Å².